The van der Waals surface area contributed by atoms with E-state index in [1.165, 1.54) is 0 Å². The Hall–Kier alpha value is -1.08. The van der Waals surface area contributed by atoms with Crippen molar-refractivity contribution >= 4 is 17.7 Å². The quantitative estimate of drug-likeness (QED) is 0.673. The highest BCUT2D eigenvalue weighted by Gasteiger charge is 2.11. The number of aliphatic hydroxyl groups excluding tert-OH is 1. The average Bonchev–Trinajstić information content (AvgIpc) is 2.56. The van der Waals surface area contributed by atoms with Crippen LogP contribution >= 0.6 is 11.8 Å². The fourth-order valence-electron chi connectivity index (χ4n) is 0.987. The molecule has 7 heteroatoms. The number of carboxylic acids is 1. The Kier molecular flexibility index (Phi) is 3.90. The zero-order chi connectivity index (χ0) is 10.6. The van der Waals surface area contributed by atoms with E-state index in [1.807, 2.05) is 6.92 Å². The Bertz CT molecular complexity index is 326. The lowest BCUT2D eigenvalue weighted by molar-refractivity contribution is -0.133. The Morgan fingerprint density at radius 3 is 2.79 bits per heavy atom. The third-order valence-corrected chi connectivity index (χ3v) is 2.53. The van der Waals surface area contributed by atoms with Crippen molar-refractivity contribution in [1.82, 2.24) is 14.8 Å². The van der Waals surface area contributed by atoms with Crippen LogP contribution in [0, 0.1) is 0 Å². The van der Waals surface area contributed by atoms with Crippen molar-refractivity contribution in [3.8, 4) is 0 Å². The second-order valence-corrected chi connectivity index (χ2v) is 3.43. The van der Waals surface area contributed by atoms with E-state index in [2.05, 4.69) is 10.2 Å². The molecule has 0 aliphatic carbocycles. The maximum absolute atomic E-state index is 10.3. The Morgan fingerprint density at radius 2 is 2.29 bits per heavy atom. The molecule has 0 saturated heterocycles. The third-order valence-electron chi connectivity index (χ3n) is 1.58. The number of aromatic nitrogens is 3. The van der Waals surface area contributed by atoms with Gasteiger partial charge in [0.15, 0.2) is 11.0 Å². The fourth-order valence-corrected chi connectivity index (χ4v) is 1.73. The summed E-state index contributed by atoms with van der Waals surface area (Å²) in [6, 6.07) is 0. The minimum atomic E-state index is -0.897. The first-order valence-corrected chi connectivity index (χ1v) is 5.05. The number of carbonyl (C=O) groups is 1. The second-order valence-electron chi connectivity index (χ2n) is 2.48. The van der Waals surface area contributed by atoms with Crippen molar-refractivity contribution in [2.24, 2.45) is 0 Å². The standard InChI is InChI=1S/C7H11N3O3S/c1-2-10-5(3-11)8-9-7(10)14-4-6(12)13/h11H,2-4H2,1H3,(H,12,13). The lowest BCUT2D eigenvalue weighted by Gasteiger charge is -2.03. The molecule has 1 heterocycles. The van der Waals surface area contributed by atoms with Gasteiger partial charge >= 0.3 is 5.97 Å². The lowest BCUT2D eigenvalue weighted by atomic mass is 10.6. The monoisotopic (exact) mass is 217 g/mol. The van der Waals surface area contributed by atoms with Crippen LogP contribution in [0.2, 0.25) is 0 Å². The highest BCUT2D eigenvalue weighted by atomic mass is 32.2. The molecular weight excluding hydrogens is 206 g/mol. The van der Waals surface area contributed by atoms with Gasteiger partial charge in [0.05, 0.1) is 5.75 Å². The summed E-state index contributed by atoms with van der Waals surface area (Å²) in [7, 11) is 0. The summed E-state index contributed by atoms with van der Waals surface area (Å²) in [6.45, 7) is 2.31. The largest absolute Gasteiger partial charge is 0.481 e. The fraction of sp³-hybridized carbons (Fsp3) is 0.571. The van der Waals surface area contributed by atoms with Gasteiger partial charge in [-0.3, -0.25) is 4.79 Å². The van der Waals surface area contributed by atoms with Crippen molar-refractivity contribution in [3.05, 3.63) is 5.82 Å². The Balaban J connectivity index is 2.75. The molecule has 0 unspecified atom stereocenters. The van der Waals surface area contributed by atoms with Gasteiger partial charge in [0.2, 0.25) is 0 Å². The molecule has 14 heavy (non-hydrogen) atoms. The van der Waals surface area contributed by atoms with Crippen molar-refractivity contribution in [1.29, 1.82) is 0 Å². The van der Waals surface area contributed by atoms with Gasteiger partial charge in [-0.25, -0.2) is 0 Å². The number of aliphatic hydroxyl groups is 1. The van der Waals surface area contributed by atoms with Crippen LogP contribution in [0.1, 0.15) is 12.7 Å². The molecule has 0 fully saturated rings. The molecule has 0 spiro atoms. The number of rotatable bonds is 5. The van der Waals surface area contributed by atoms with Gasteiger partial charge in [0, 0.05) is 6.54 Å². The van der Waals surface area contributed by atoms with Crippen LogP contribution in [-0.2, 0) is 17.9 Å². The summed E-state index contributed by atoms with van der Waals surface area (Å²) in [5.41, 5.74) is 0. The predicted molar refractivity (Wildman–Crippen MR) is 50.0 cm³/mol. The first kappa shape index (κ1) is 11.0. The van der Waals surface area contributed by atoms with E-state index in [1.54, 1.807) is 4.57 Å². The van der Waals surface area contributed by atoms with Crippen molar-refractivity contribution in [2.45, 2.75) is 25.2 Å². The first-order valence-electron chi connectivity index (χ1n) is 4.06. The highest BCUT2D eigenvalue weighted by molar-refractivity contribution is 7.99. The molecule has 0 aliphatic rings. The van der Waals surface area contributed by atoms with E-state index in [0.717, 1.165) is 11.8 Å². The number of carboxylic acid groups (broad SMARTS) is 1. The molecule has 2 N–H and O–H groups in total. The molecule has 0 bridgehead atoms. The van der Waals surface area contributed by atoms with Crippen molar-refractivity contribution < 1.29 is 15.0 Å². The lowest BCUT2D eigenvalue weighted by Crippen LogP contribution is -2.05. The number of thioether (sulfide) groups is 1. The van der Waals surface area contributed by atoms with Gasteiger partial charge in [-0.05, 0) is 6.92 Å². The Labute approximate surface area is 85.0 Å². The number of nitrogens with zero attached hydrogens (tertiary/aromatic N) is 3. The predicted octanol–water partition coefficient (Wildman–Crippen LogP) is -0.0330. The van der Waals surface area contributed by atoms with E-state index in [-0.39, 0.29) is 12.4 Å². The van der Waals surface area contributed by atoms with Gasteiger partial charge < -0.3 is 14.8 Å². The van der Waals surface area contributed by atoms with Crippen LogP contribution in [-0.4, -0.2) is 36.7 Å². The molecule has 0 atom stereocenters. The minimum absolute atomic E-state index is 0.0520. The summed E-state index contributed by atoms with van der Waals surface area (Å²) in [5, 5.41) is 25.4. The van der Waals surface area contributed by atoms with E-state index >= 15 is 0 Å². The summed E-state index contributed by atoms with van der Waals surface area (Å²) in [4.78, 5) is 10.3. The van der Waals surface area contributed by atoms with Crippen LogP contribution in [0.15, 0.2) is 5.16 Å². The molecule has 78 valence electrons. The zero-order valence-corrected chi connectivity index (χ0v) is 8.49. The van der Waals surface area contributed by atoms with E-state index in [0.29, 0.717) is 17.5 Å². The molecule has 1 rings (SSSR count). The molecule has 0 saturated carbocycles. The Morgan fingerprint density at radius 1 is 1.57 bits per heavy atom. The van der Waals surface area contributed by atoms with E-state index in [4.69, 9.17) is 10.2 Å². The van der Waals surface area contributed by atoms with Crippen LogP contribution in [0.4, 0.5) is 0 Å². The first-order chi connectivity index (χ1) is 6.69. The summed E-state index contributed by atoms with van der Waals surface area (Å²) >= 11 is 1.09. The minimum Gasteiger partial charge on any atom is -0.481 e. The van der Waals surface area contributed by atoms with Gasteiger partial charge in [-0.1, -0.05) is 11.8 Å². The molecule has 0 aromatic carbocycles. The molecule has 0 amide bonds. The summed E-state index contributed by atoms with van der Waals surface area (Å²) in [5.74, 6) is -0.490. The normalized spacial score (nSPS) is 10.4. The van der Waals surface area contributed by atoms with Gasteiger partial charge in [0.1, 0.15) is 6.61 Å². The number of hydrogen-bond acceptors (Lipinski definition) is 5. The second kappa shape index (κ2) is 4.97. The highest BCUT2D eigenvalue weighted by Crippen LogP contribution is 2.16. The van der Waals surface area contributed by atoms with Crippen molar-refractivity contribution in [2.75, 3.05) is 5.75 Å². The number of hydrogen-bond donors (Lipinski definition) is 2. The topological polar surface area (TPSA) is 88.2 Å². The van der Waals surface area contributed by atoms with E-state index < -0.39 is 5.97 Å². The van der Waals surface area contributed by atoms with Gasteiger partial charge in [-0.2, -0.15) is 0 Å². The van der Waals surface area contributed by atoms with Gasteiger partial charge in [0.25, 0.3) is 0 Å². The van der Waals surface area contributed by atoms with Crippen LogP contribution in [0.25, 0.3) is 0 Å². The SMILES string of the molecule is CCn1c(CO)nnc1SCC(=O)O. The average molecular weight is 217 g/mol. The van der Waals surface area contributed by atoms with Gasteiger partial charge in [-0.15, -0.1) is 10.2 Å². The third kappa shape index (κ3) is 2.46. The zero-order valence-electron chi connectivity index (χ0n) is 7.67. The van der Waals surface area contributed by atoms with Crippen LogP contribution < -0.4 is 0 Å². The van der Waals surface area contributed by atoms with Crippen molar-refractivity contribution in [3.63, 3.8) is 0 Å². The van der Waals surface area contributed by atoms with Crippen LogP contribution in [0.5, 0.6) is 0 Å². The molecule has 0 aliphatic heterocycles. The molecule has 6 nitrogen and oxygen atoms in total. The maximum Gasteiger partial charge on any atom is 0.313 e. The van der Waals surface area contributed by atoms with Crippen LogP contribution in [0.3, 0.4) is 0 Å². The summed E-state index contributed by atoms with van der Waals surface area (Å²) < 4.78 is 1.69. The smallest absolute Gasteiger partial charge is 0.313 e. The maximum atomic E-state index is 10.3. The molecule has 1 aromatic heterocycles. The number of aliphatic carboxylic acids is 1. The molecule has 0 radical (unpaired) electrons. The molecule has 1 aromatic rings. The summed E-state index contributed by atoms with van der Waals surface area (Å²) in [6.07, 6.45) is 0. The van der Waals surface area contributed by atoms with E-state index in [9.17, 15) is 4.79 Å². The molecular formula is C7H11N3O3S.